The largest absolute Gasteiger partial charge is 0.383 e. The van der Waals surface area contributed by atoms with E-state index in [1.54, 1.807) is 0 Å². The molecule has 0 spiro atoms. The standard InChI is InChI=1S/C22H15N5O3S/c1-2-13-3-5-14(6-4-13)20-17(10-23)21(25)26-22(18(20)11-24)31-19-8-7-16(27(29)30)9-15(19)12-28/h3-9,12H,2H2,1H3,(H2,25,26). The van der Waals surface area contributed by atoms with E-state index in [0.717, 1.165) is 29.8 Å². The summed E-state index contributed by atoms with van der Waals surface area (Å²) in [7, 11) is 0. The number of aldehydes is 1. The Morgan fingerprint density at radius 3 is 2.39 bits per heavy atom. The van der Waals surface area contributed by atoms with Crippen LogP contribution in [-0.4, -0.2) is 16.2 Å². The summed E-state index contributed by atoms with van der Waals surface area (Å²) in [6.07, 6.45) is 1.34. The minimum absolute atomic E-state index is 0.0480. The SMILES string of the molecule is CCc1ccc(-c2c(C#N)c(N)nc(Sc3ccc([N+](=O)[O-])cc3C=O)c2C#N)cc1. The molecule has 0 bridgehead atoms. The molecule has 0 radical (unpaired) electrons. The number of nitrogens with zero attached hydrogens (tertiary/aromatic N) is 4. The van der Waals surface area contributed by atoms with Crippen molar-refractivity contribution >= 4 is 29.6 Å². The summed E-state index contributed by atoms with van der Waals surface area (Å²) >= 11 is 0.983. The van der Waals surface area contributed by atoms with Crippen LogP contribution in [0, 0.1) is 32.8 Å². The highest BCUT2D eigenvalue weighted by Gasteiger charge is 2.22. The maximum absolute atomic E-state index is 11.5. The van der Waals surface area contributed by atoms with Crippen molar-refractivity contribution < 1.29 is 9.72 Å². The van der Waals surface area contributed by atoms with Gasteiger partial charge in [0.1, 0.15) is 28.5 Å². The predicted molar refractivity (Wildman–Crippen MR) is 116 cm³/mol. The lowest BCUT2D eigenvalue weighted by Crippen LogP contribution is -2.03. The number of hydrogen-bond donors (Lipinski definition) is 1. The van der Waals surface area contributed by atoms with Gasteiger partial charge in [0.15, 0.2) is 6.29 Å². The number of nitriles is 2. The van der Waals surface area contributed by atoms with E-state index in [-0.39, 0.29) is 33.2 Å². The average molecular weight is 429 g/mol. The Morgan fingerprint density at radius 2 is 1.84 bits per heavy atom. The summed E-state index contributed by atoms with van der Waals surface area (Å²) < 4.78 is 0. The molecular weight excluding hydrogens is 414 g/mol. The molecule has 2 aromatic carbocycles. The smallest absolute Gasteiger partial charge is 0.270 e. The number of hydrogen-bond acceptors (Lipinski definition) is 8. The van der Waals surface area contributed by atoms with Gasteiger partial charge in [0.25, 0.3) is 5.69 Å². The Labute approximate surface area is 182 Å². The summed E-state index contributed by atoms with van der Waals surface area (Å²) in [5.74, 6) is -0.0480. The number of aryl methyl sites for hydroxylation is 1. The van der Waals surface area contributed by atoms with E-state index in [0.29, 0.717) is 22.3 Å². The third-order valence-electron chi connectivity index (χ3n) is 4.60. The van der Waals surface area contributed by atoms with Gasteiger partial charge in [-0.1, -0.05) is 43.0 Å². The summed E-state index contributed by atoms with van der Waals surface area (Å²) in [5.41, 5.74) is 8.20. The molecule has 0 fully saturated rings. The lowest BCUT2D eigenvalue weighted by molar-refractivity contribution is -0.384. The van der Waals surface area contributed by atoms with Crippen molar-refractivity contribution in [2.75, 3.05) is 5.73 Å². The summed E-state index contributed by atoms with van der Waals surface area (Å²) in [5, 5.41) is 30.7. The van der Waals surface area contributed by atoms with Crippen molar-refractivity contribution in [1.29, 1.82) is 10.5 Å². The van der Waals surface area contributed by atoms with E-state index in [4.69, 9.17) is 5.73 Å². The van der Waals surface area contributed by atoms with E-state index in [9.17, 15) is 25.4 Å². The Balaban J connectivity index is 2.20. The number of non-ortho nitro benzene ring substituents is 1. The fourth-order valence-electron chi connectivity index (χ4n) is 3.01. The van der Waals surface area contributed by atoms with Gasteiger partial charge in [0.05, 0.1) is 10.5 Å². The molecule has 0 atom stereocenters. The zero-order chi connectivity index (χ0) is 22.5. The molecule has 0 aliphatic heterocycles. The highest BCUT2D eigenvalue weighted by molar-refractivity contribution is 7.99. The predicted octanol–water partition coefficient (Wildman–Crippen LogP) is 4.51. The number of nitro groups is 1. The molecule has 3 aromatic rings. The van der Waals surface area contributed by atoms with Gasteiger partial charge < -0.3 is 5.73 Å². The molecule has 0 unspecified atom stereocenters. The second-order valence-corrected chi connectivity index (χ2v) is 7.43. The number of rotatable bonds is 6. The maximum Gasteiger partial charge on any atom is 0.270 e. The first-order valence-corrected chi connectivity index (χ1v) is 9.89. The van der Waals surface area contributed by atoms with E-state index in [1.165, 1.54) is 12.1 Å². The van der Waals surface area contributed by atoms with Crippen LogP contribution < -0.4 is 5.73 Å². The fourth-order valence-corrected chi connectivity index (χ4v) is 3.97. The summed E-state index contributed by atoms with van der Waals surface area (Å²) in [6, 6.07) is 15.4. The van der Waals surface area contributed by atoms with Gasteiger partial charge in [-0.25, -0.2) is 4.98 Å². The number of anilines is 1. The van der Waals surface area contributed by atoms with Crippen molar-refractivity contribution in [3.8, 4) is 23.3 Å². The Morgan fingerprint density at radius 1 is 1.16 bits per heavy atom. The molecule has 3 rings (SSSR count). The Kier molecular flexibility index (Phi) is 6.29. The first-order chi connectivity index (χ1) is 14.9. The third-order valence-corrected chi connectivity index (χ3v) is 5.68. The number of aromatic nitrogens is 1. The van der Waals surface area contributed by atoms with Crippen molar-refractivity contribution in [2.24, 2.45) is 0 Å². The van der Waals surface area contributed by atoms with E-state index in [1.807, 2.05) is 37.3 Å². The van der Waals surface area contributed by atoms with E-state index in [2.05, 4.69) is 11.1 Å². The van der Waals surface area contributed by atoms with E-state index < -0.39 is 4.92 Å². The van der Waals surface area contributed by atoms with Crippen LogP contribution in [0.4, 0.5) is 11.5 Å². The van der Waals surface area contributed by atoms with Gasteiger partial charge >= 0.3 is 0 Å². The van der Waals surface area contributed by atoms with Crippen LogP contribution in [0.5, 0.6) is 0 Å². The van der Waals surface area contributed by atoms with Crippen LogP contribution in [-0.2, 0) is 6.42 Å². The summed E-state index contributed by atoms with van der Waals surface area (Å²) in [6.45, 7) is 2.02. The maximum atomic E-state index is 11.5. The molecule has 9 heteroatoms. The molecule has 1 aromatic heterocycles. The van der Waals surface area contributed by atoms with Crippen molar-refractivity contribution in [3.05, 3.63) is 74.8 Å². The topological polar surface area (TPSA) is 147 Å². The number of benzene rings is 2. The van der Waals surface area contributed by atoms with Crippen molar-refractivity contribution in [1.82, 2.24) is 4.98 Å². The van der Waals surface area contributed by atoms with Gasteiger partial charge in [-0.3, -0.25) is 14.9 Å². The number of nitro benzene ring substituents is 1. The van der Waals surface area contributed by atoms with Gasteiger partial charge in [-0.15, -0.1) is 0 Å². The molecule has 0 saturated heterocycles. The number of pyridine rings is 1. The van der Waals surface area contributed by atoms with Crippen LogP contribution in [0.2, 0.25) is 0 Å². The zero-order valence-electron chi connectivity index (χ0n) is 16.3. The average Bonchev–Trinajstić information content (AvgIpc) is 2.78. The first kappa shape index (κ1) is 21.5. The highest BCUT2D eigenvalue weighted by atomic mass is 32.2. The van der Waals surface area contributed by atoms with Gasteiger partial charge in [-0.2, -0.15) is 10.5 Å². The molecule has 0 saturated carbocycles. The minimum atomic E-state index is -0.599. The Bertz CT molecular complexity index is 1270. The fraction of sp³-hybridized carbons (Fsp3) is 0.0909. The molecule has 0 amide bonds. The monoisotopic (exact) mass is 429 g/mol. The van der Waals surface area contributed by atoms with Gasteiger partial charge in [-0.05, 0) is 23.6 Å². The van der Waals surface area contributed by atoms with Crippen LogP contribution >= 0.6 is 11.8 Å². The number of nitrogens with two attached hydrogens (primary N) is 1. The number of carbonyl (C=O) groups excluding carboxylic acids is 1. The zero-order valence-corrected chi connectivity index (χ0v) is 17.1. The molecule has 0 aliphatic rings. The molecule has 0 aliphatic carbocycles. The minimum Gasteiger partial charge on any atom is -0.383 e. The lowest BCUT2D eigenvalue weighted by atomic mass is 9.96. The molecular formula is C22H15N5O3S. The number of carbonyl (C=O) groups is 1. The second kappa shape index (κ2) is 9.08. The molecule has 8 nitrogen and oxygen atoms in total. The molecule has 31 heavy (non-hydrogen) atoms. The normalized spacial score (nSPS) is 10.2. The van der Waals surface area contributed by atoms with Gasteiger partial charge in [0, 0.05) is 28.2 Å². The highest BCUT2D eigenvalue weighted by Crippen LogP contribution is 2.39. The Hall–Kier alpha value is -4.21. The number of nitrogen functional groups attached to an aromatic ring is 1. The quantitative estimate of drug-likeness (QED) is 0.342. The first-order valence-electron chi connectivity index (χ1n) is 9.07. The molecule has 152 valence electrons. The van der Waals surface area contributed by atoms with E-state index >= 15 is 0 Å². The lowest BCUT2D eigenvalue weighted by Gasteiger charge is -2.14. The second-order valence-electron chi connectivity index (χ2n) is 6.40. The van der Waals surface area contributed by atoms with Gasteiger partial charge in [0.2, 0.25) is 0 Å². The van der Waals surface area contributed by atoms with Crippen molar-refractivity contribution in [3.63, 3.8) is 0 Å². The van der Waals surface area contributed by atoms with Crippen molar-refractivity contribution in [2.45, 2.75) is 23.3 Å². The summed E-state index contributed by atoms with van der Waals surface area (Å²) in [4.78, 5) is 26.4. The van der Waals surface area contributed by atoms with Crippen LogP contribution in [0.15, 0.2) is 52.4 Å². The molecule has 1 heterocycles. The third kappa shape index (κ3) is 4.22. The van der Waals surface area contributed by atoms with Crippen LogP contribution in [0.1, 0.15) is 34.0 Å². The molecule has 2 N–H and O–H groups in total. The van der Waals surface area contributed by atoms with Crippen LogP contribution in [0.25, 0.3) is 11.1 Å². The van der Waals surface area contributed by atoms with Crippen LogP contribution in [0.3, 0.4) is 0 Å².